The fraction of sp³-hybridized carbons (Fsp3) is 0.273. The molecule has 0 unspecified atom stereocenters. The Morgan fingerprint density at radius 3 is 2.60 bits per heavy atom. The Morgan fingerprint density at radius 1 is 1.27 bits per heavy atom. The lowest BCUT2D eigenvalue weighted by Crippen LogP contribution is -2.05. The summed E-state index contributed by atoms with van der Waals surface area (Å²) in [6, 6.07) is 10.6. The van der Waals surface area contributed by atoms with Crippen LogP contribution < -0.4 is 5.32 Å². The number of hydrogen-bond acceptors (Lipinski definition) is 4. The Labute approximate surface area is 93.4 Å². The fourth-order valence-corrected chi connectivity index (χ4v) is 2.03. The van der Waals surface area contributed by atoms with Crippen LogP contribution in [0.3, 0.4) is 0 Å². The van der Waals surface area contributed by atoms with Crippen LogP contribution in [-0.4, -0.2) is 9.36 Å². The average Bonchev–Trinajstić information content (AvgIpc) is 2.65. The third-order valence-corrected chi connectivity index (χ3v) is 2.90. The molecular weight excluding hydrogens is 206 g/mol. The summed E-state index contributed by atoms with van der Waals surface area (Å²) in [5.74, 6) is 0.822. The van der Waals surface area contributed by atoms with Crippen LogP contribution in [0.15, 0.2) is 30.3 Å². The largest absolute Gasteiger partial charge is 0.354 e. The molecule has 1 heterocycles. The molecule has 4 heteroatoms. The summed E-state index contributed by atoms with van der Waals surface area (Å²) in [4.78, 5) is 4.27. The van der Waals surface area contributed by atoms with E-state index in [2.05, 4.69) is 33.7 Å². The first-order chi connectivity index (χ1) is 7.25. The highest BCUT2D eigenvalue weighted by molar-refractivity contribution is 7.09. The highest BCUT2D eigenvalue weighted by Gasteiger charge is 2.06. The first kappa shape index (κ1) is 10.1. The molecule has 1 N–H and O–H groups in total. The van der Waals surface area contributed by atoms with Gasteiger partial charge >= 0.3 is 0 Å². The minimum absolute atomic E-state index is 0.263. The van der Waals surface area contributed by atoms with E-state index in [1.54, 1.807) is 0 Å². The van der Waals surface area contributed by atoms with Crippen molar-refractivity contribution in [3.63, 3.8) is 0 Å². The summed E-state index contributed by atoms with van der Waals surface area (Å²) in [5.41, 5.74) is 1.25. The lowest BCUT2D eigenvalue weighted by molar-refractivity contribution is 0.880. The fourth-order valence-electron chi connectivity index (χ4n) is 1.37. The molecule has 0 aliphatic heterocycles. The van der Waals surface area contributed by atoms with Crippen LogP contribution in [0.25, 0.3) is 0 Å². The highest BCUT2D eigenvalue weighted by atomic mass is 32.1. The van der Waals surface area contributed by atoms with E-state index in [1.165, 1.54) is 17.1 Å². The van der Waals surface area contributed by atoms with Gasteiger partial charge in [-0.3, -0.25) is 0 Å². The molecule has 0 bridgehead atoms. The first-order valence-electron chi connectivity index (χ1n) is 4.87. The topological polar surface area (TPSA) is 37.8 Å². The van der Waals surface area contributed by atoms with E-state index in [0.717, 1.165) is 11.0 Å². The van der Waals surface area contributed by atoms with E-state index in [-0.39, 0.29) is 6.04 Å². The third kappa shape index (κ3) is 2.53. The molecule has 0 aliphatic rings. The Hall–Kier alpha value is -1.42. The second kappa shape index (κ2) is 4.40. The molecule has 0 saturated carbocycles. The normalized spacial score (nSPS) is 12.4. The van der Waals surface area contributed by atoms with E-state index in [4.69, 9.17) is 0 Å². The monoisotopic (exact) mass is 219 g/mol. The number of hydrogen-bond donors (Lipinski definition) is 1. The van der Waals surface area contributed by atoms with Gasteiger partial charge in [0.05, 0.1) is 6.04 Å². The van der Waals surface area contributed by atoms with Gasteiger partial charge in [0.1, 0.15) is 5.82 Å². The smallest absolute Gasteiger partial charge is 0.203 e. The minimum Gasteiger partial charge on any atom is -0.354 e. The van der Waals surface area contributed by atoms with Crippen molar-refractivity contribution in [3.05, 3.63) is 41.7 Å². The summed E-state index contributed by atoms with van der Waals surface area (Å²) in [6.45, 7) is 4.01. The molecule has 0 amide bonds. The van der Waals surface area contributed by atoms with Crippen molar-refractivity contribution in [1.29, 1.82) is 0 Å². The molecule has 78 valence electrons. The number of nitrogens with one attached hydrogen (secondary N) is 1. The predicted molar refractivity (Wildman–Crippen MR) is 63.1 cm³/mol. The van der Waals surface area contributed by atoms with Crippen molar-refractivity contribution in [1.82, 2.24) is 9.36 Å². The van der Waals surface area contributed by atoms with Gasteiger partial charge in [-0.05, 0) is 19.4 Å². The van der Waals surface area contributed by atoms with Crippen molar-refractivity contribution < 1.29 is 0 Å². The molecule has 15 heavy (non-hydrogen) atoms. The van der Waals surface area contributed by atoms with Gasteiger partial charge in [0.15, 0.2) is 0 Å². The molecule has 0 aliphatic carbocycles. The summed E-state index contributed by atoms with van der Waals surface area (Å²) in [7, 11) is 0. The second-order valence-corrected chi connectivity index (χ2v) is 4.18. The zero-order valence-electron chi connectivity index (χ0n) is 8.77. The molecule has 0 saturated heterocycles. The molecule has 0 radical (unpaired) electrons. The number of benzene rings is 1. The summed E-state index contributed by atoms with van der Waals surface area (Å²) in [6.07, 6.45) is 0. The molecule has 3 nitrogen and oxygen atoms in total. The van der Waals surface area contributed by atoms with Crippen molar-refractivity contribution in [3.8, 4) is 0 Å². The average molecular weight is 219 g/mol. The number of anilines is 1. The number of rotatable bonds is 3. The zero-order chi connectivity index (χ0) is 10.7. The Bertz CT molecular complexity index is 424. The number of nitrogens with zero attached hydrogens (tertiary/aromatic N) is 2. The SMILES string of the molecule is Cc1nsc(N[C@@H](C)c2ccccc2)n1. The van der Waals surface area contributed by atoms with Crippen LogP contribution in [0.1, 0.15) is 24.4 Å². The van der Waals surface area contributed by atoms with Crippen LogP contribution in [0.5, 0.6) is 0 Å². The van der Waals surface area contributed by atoms with Gasteiger partial charge in [-0.25, -0.2) is 4.98 Å². The van der Waals surface area contributed by atoms with Crippen LogP contribution in [0, 0.1) is 6.92 Å². The third-order valence-electron chi connectivity index (χ3n) is 2.17. The van der Waals surface area contributed by atoms with E-state index in [0.29, 0.717) is 0 Å². The number of aryl methyl sites for hydroxylation is 1. The van der Waals surface area contributed by atoms with Crippen molar-refractivity contribution >= 4 is 16.7 Å². The van der Waals surface area contributed by atoms with Crippen LogP contribution >= 0.6 is 11.5 Å². The van der Waals surface area contributed by atoms with Crippen molar-refractivity contribution in [2.45, 2.75) is 19.9 Å². The Balaban J connectivity index is 2.07. The van der Waals surface area contributed by atoms with E-state index >= 15 is 0 Å². The van der Waals surface area contributed by atoms with E-state index in [9.17, 15) is 0 Å². The summed E-state index contributed by atoms with van der Waals surface area (Å²) >= 11 is 1.40. The van der Waals surface area contributed by atoms with Crippen molar-refractivity contribution in [2.75, 3.05) is 5.32 Å². The molecule has 0 fully saturated rings. The molecular formula is C11H13N3S. The molecule has 1 atom stereocenters. The first-order valence-corrected chi connectivity index (χ1v) is 5.65. The van der Waals surface area contributed by atoms with Gasteiger partial charge < -0.3 is 5.32 Å². The van der Waals surface area contributed by atoms with Gasteiger partial charge in [0.25, 0.3) is 0 Å². The van der Waals surface area contributed by atoms with Crippen LogP contribution in [0.2, 0.25) is 0 Å². The zero-order valence-corrected chi connectivity index (χ0v) is 9.58. The van der Waals surface area contributed by atoms with Gasteiger partial charge in [-0.2, -0.15) is 4.37 Å². The van der Waals surface area contributed by atoms with Crippen LogP contribution in [0.4, 0.5) is 5.13 Å². The number of aromatic nitrogens is 2. The maximum Gasteiger partial charge on any atom is 0.203 e. The maximum atomic E-state index is 4.27. The standard InChI is InChI=1S/C11H13N3S/c1-8(10-6-4-3-5-7-10)12-11-13-9(2)14-15-11/h3-8H,1-2H3,(H,12,13,14)/t8-/m0/s1. The predicted octanol–water partition coefficient (Wildman–Crippen LogP) is 3.02. The maximum absolute atomic E-state index is 4.27. The lowest BCUT2D eigenvalue weighted by atomic mass is 10.1. The molecule has 0 spiro atoms. The summed E-state index contributed by atoms with van der Waals surface area (Å²) in [5, 5.41) is 4.20. The molecule has 1 aromatic carbocycles. The van der Waals surface area contributed by atoms with Gasteiger partial charge in [-0.1, -0.05) is 30.3 Å². The van der Waals surface area contributed by atoms with Crippen molar-refractivity contribution in [2.24, 2.45) is 0 Å². The molecule has 1 aromatic heterocycles. The minimum atomic E-state index is 0.263. The van der Waals surface area contributed by atoms with E-state index < -0.39 is 0 Å². The Morgan fingerprint density at radius 2 is 2.00 bits per heavy atom. The lowest BCUT2D eigenvalue weighted by Gasteiger charge is -2.12. The van der Waals surface area contributed by atoms with Gasteiger partial charge in [0.2, 0.25) is 5.13 Å². The summed E-state index contributed by atoms with van der Waals surface area (Å²) < 4.78 is 4.13. The van der Waals surface area contributed by atoms with Crippen LogP contribution in [-0.2, 0) is 0 Å². The molecule has 2 rings (SSSR count). The molecule has 2 aromatic rings. The van der Waals surface area contributed by atoms with Gasteiger partial charge in [-0.15, -0.1) is 0 Å². The van der Waals surface area contributed by atoms with E-state index in [1.807, 2.05) is 25.1 Å². The van der Waals surface area contributed by atoms with Gasteiger partial charge in [0, 0.05) is 11.5 Å². The second-order valence-electron chi connectivity index (χ2n) is 3.42. The quantitative estimate of drug-likeness (QED) is 0.862. The Kier molecular flexibility index (Phi) is 2.97. The highest BCUT2D eigenvalue weighted by Crippen LogP contribution is 2.19.